The second kappa shape index (κ2) is 4.91. The Balaban J connectivity index is 2.39. The number of ether oxygens (including phenoxy) is 2. The van der Waals surface area contributed by atoms with Crippen LogP contribution in [0.25, 0.3) is 0 Å². The summed E-state index contributed by atoms with van der Waals surface area (Å²) in [5.41, 5.74) is 0. The molecule has 0 aromatic rings. The Kier molecular flexibility index (Phi) is 4.11. The fourth-order valence-corrected chi connectivity index (χ4v) is 1.77. The molecular formula is C11H20O3. The molecule has 1 rings (SSSR count). The molecule has 1 aliphatic heterocycles. The summed E-state index contributed by atoms with van der Waals surface area (Å²) >= 11 is 0. The number of aliphatic hydroxyl groups is 1. The minimum Gasteiger partial charge on any atom is -0.394 e. The first-order valence-electron chi connectivity index (χ1n) is 5.16. The van der Waals surface area contributed by atoms with Crippen LogP contribution in [0, 0.1) is 0 Å². The van der Waals surface area contributed by atoms with Gasteiger partial charge < -0.3 is 14.6 Å². The van der Waals surface area contributed by atoms with Gasteiger partial charge in [0.2, 0.25) is 0 Å². The van der Waals surface area contributed by atoms with E-state index in [1.54, 1.807) is 0 Å². The first-order valence-corrected chi connectivity index (χ1v) is 5.16. The highest BCUT2D eigenvalue weighted by atomic mass is 16.8. The predicted octanol–water partition coefficient (Wildman–Crippen LogP) is 1.86. The predicted molar refractivity (Wildman–Crippen MR) is 55.0 cm³/mol. The highest BCUT2D eigenvalue weighted by Gasteiger charge is 2.40. The molecule has 1 saturated heterocycles. The summed E-state index contributed by atoms with van der Waals surface area (Å²) in [6.45, 7) is 7.46. The molecule has 0 spiro atoms. The first-order chi connectivity index (χ1) is 6.59. The van der Waals surface area contributed by atoms with Gasteiger partial charge in [-0.1, -0.05) is 6.08 Å². The summed E-state index contributed by atoms with van der Waals surface area (Å²) in [4.78, 5) is 0. The highest BCUT2D eigenvalue weighted by Crippen LogP contribution is 2.30. The lowest BCUT2D eigenvalue weighted by atomic mass is 10.1. The fraction of sp³-hybridized carbons (Fsp3) is 0.818. The van der Waals surface area contributed by atoms with Crippen LogP contribution in [0.3, 0.4) is 0 Å². The summed E-state index contributed by atoms with van der Waals surface area (Å²) in [7, 11) is 0. The van der Waals surface area contributed by atoms with Crippen LogP contribution in [0.2, 0.25) is 0 Å². The molecule has 2 atom stereocenters. The maximum Gasteiger partial charge on any atom is 0.163 e. The van der Waals surface area contributed by atoms with Crippen molar-refractivity contribution in [2.75, 3.05) is 6.61 Å². The van der Waals surface area contributed by atoms with E-state index in [2.05, 4.69) is 6.58 Å². The van der Waals surface area contributed by atoms with Gasteiger partial charge in [-0.05, 0) is 33.1 Å². The van der Waals surface area contributed by atoms with Crippen molar-refractivity contribution in [1.82, 2.24) is 0 Å². The highest BCUT2D eigenvalue weighted by molar-refractivity contribution is 4.81. The van der Waals surface area contributed by atoms with Gasteiger partial charge in [-0.2, -0.15) is 0 Å². The van der Waals surface area contributed by atoms with Crippen molar-refractivity contribution in [3.8, 4) is 0 Å². The average Bonchev–Trinajstić information content (AvgIpc) is 2.41. The summed E-state index contributed by atoms with van der Waals surface area (Å²) < 4.78 is 11.2. The Hall–Kier alpha value is -0.380. The second-order valence-corrected chi connectivity index (χ2v) is 4.11. The Morgan fingerprint density at radius 1 is 1.36 bits per heavy atom. The molecule has 0 amide bonds. The Morgan fingerprint density at radius 2 is 2.00 bits per heavy atom. The maximum atomic E-state index is 9.10. The lowest BCUT2D eigenvalue weighted by Crippen LogP contribution is -2.26. The molecule has 0 aliphatic carbocycles. The van der Waals surface area contributed by atoms with Crippen LogP contribution in [0.4, 0.5) is 0 Å². The lowest BCUT2D eigenvalue weighted by molar-refractivity contribution is -0.149. The van der Waals surface area contributed by atoms with Gasteiger partial charge in [-0.15, -0.1) is 6.58 Å². The summed E-state index contributed by atoms with van der Waals surface area (Å²) in [6, 6.07) is 0. The van der Waals surface area contributed by atoms with E-state index in [-0.39, 0.29) is 18.8 Å². The van der Waals surface area contributed by atoms with Gasteiger partial charge in [0.05, 0.1) is 12.7 Å². The van der Waals surface area contributed by atoms with Crippen LogP contribution < -0.4 is 0 Å². The van der Waals surface area contributed by atoms with Crippen LogP contribution in [0.5, 0.6) is 0 Å². The molecule has 1 N–H and O–H groups in total. The van der Waals surface area contributed by atoms with Crippen LogP contribution >= 0.6 is 0 Å². The van der Waals surface area contributed by atoms with Crippen molar-refractivity contribution in [2.45, 2.75) is 51.1 Å². The summed E-state index contributed by atoms with van der Waals surface area (Å²) in [5, 5.41) is 9.10. The van der Waals surface area contributed by atoms with Crippen molar-refractivity contribution < 1.29 is 14.6 Å². The maximum absolute atomic E-state index is 9.10. The average molecular weight is 200 g/mol. The molecule has 0 aromatic heterocycles. The van der Waals surface area contributed by atoms with Crippen molar-refractivity contribution in [1.29, 1.82) is 0 Å². The lowest BCUT2D eigenvalue weighted by Gasteiger charge is -2.16. The second-order valence-electron chi connectivity index (χ2n) is 4.11. The topological polar surface area (TPSA) is 38.7 Å². The van der Waals surface area contributed by atoms with Gasteiger partial charge in [0.25, 0.3) is 0 Å². The van der Waals surface area contributed by atoms with E-state index < -0.39 is 5.79 Å². The van der Waals surface area contributed by atoms with Crippen LogP contribution in [0.15, 0.2) is 12.7 Å². The number of allylic oxidation sites excluding steroid dienone is 1. The molecule has 14 heavy (non-hydrogen) atoms. The minimum atomic E-state index is -0.549. The SMILES string of the molecule is C=CCCC[C@H]1OC(C)(C)O[C@@H]1CO. The van der Waals surface area contributed by atoms with Crippen molar-refractivity contribution in [3.63, 3.8) is 0 Å². The quantitative estimate of drug-likeness (QED) is 0.544. The van der Waals surface area contributed by atoms with Crippen molar-refractivity contribution in [3.05, 3.63) is 12.7 Å². The van der Waals surface area contributed by atoms with Crippen LogP contribution in [0.1, 0.15) is 33.1 Å². The Labute approximate surface area is 85.7 Å². The van der Waals surface area contributed by atoms with Crippen molar-refractivity contribution in [2.24, 2.45) is 0 Å². The zero-order valence-electron chi connectivity index (χ0n) is 9.03. The molecule has 3 nitrogen and oxygen atoms in total. The molecule has 82 valence electrons. The smallest absolute Gasteiger partial charge is 0.163 e. The summed E-state index contributed by atoms with van der Waals surface area (Å²) in [5.74, 6) is -0.549. The molecule has 0 aromatic carbocycles. The molecular weight excluding hydrogens is 180 g/mol. The van der Waals surface area contributed by atoms with Gasteiger partial charge in [0.15, 0.2) is 5.79 Å². The van der Waals surface area contributed by atoms with E-state index in [1.165, 1.54) is 0 Å². The van der Waals surface area contributed by atoms with Gasteiger partial charge in [0.1, 0.15) is 6.10 Å². The first kappa shape index (κ1) is 11.7. The Morgan fingerprint density at radius 3 is 2.57 bits per heavy atom. The zero-order valence-corrected chi connectivity index (χ0v) is 9.03. The van der Waals surface area contributed by atoms with E-state index in [0.29, 0.717) is 0 Å². The van der Waals surface area contributed by atoms with Gasteiger partial charge in [-0.3, -0.25) is 0 Å². The fourth-order valence-electron chi connectivity index (χ4n) is 1.77. The van der Waals surface area contributed by atoms with E-state index in [9.17, 15) is 0 Å². The third-order valence-electron chi connectivity index (χ3n) is 2.36. The van der Waals surface area contributed by atoms with Crippen LogP contribution in [-0.2, 0) is 9.47 Å². The molecule has 0 unspecified atom stereocenters. The van der Waals surface area contributed by atoms with E-state index >= 15 is 0 Å². The third kappa shape index (κ3) is 3.08. The van der Waals surface area contributed by atoms with E-state index in [1.807, 2.05) is 19.9 Å². The standard InChI is InChI=1S/C11H20O3/c1-4-5-6-7-9-10(8-12)14-11(2,3)13-9/h4,9-10,12H,1,5-8H2,2-3H3/t9-,10-/m1/s1. The molecule has 1 fully saturated rings. The molecule has 0 bridgehead atoms. The van der Waals surface area contributed by atoms with Gasteiger partial charge >= 0.3 is 0 Å². The van der Waals surface area contributed by atoms with E-state index in [0.717, 1.165) is 19.3 Å². The number of hydrogen-bond donors (Lipinski definition) is 1. The molecule has 3 heteroatoms. The zero-order chi connectivity index (χ0) is 10.6. The number of unbranched alkanes of at least 4 members (excludes halogenated alkanes) is 1. The van der Waals surface area contributed by atoms with Crippen LogP contribution in [-0.4, -0.2) is 29.7 Å². The van der Waals surface area contributed by atoms with E-state index in [4.69, 9.17) is 14.6 Å². The van der Waals surface area contributed by atoms with Gasteiger partial charge in [-0.25, -0.2) is 0 Å². The minimum absolute atomic E-state index is 0.0231. The molecule has 0 radical (unpaired) electrons. The summed E-state index contributed by atoms with van der Waals surface area (Å²) in [6.07, 6.45) is 4.68. The largest absolute Gasteiger partial charge is 0.394 e. The normalized spacial score (nSPS) is 30.5. The third-order valence-corrected chi connectivity index (χ3v) is 2.36. The number of hydrogen-bond acceptors (Lipinski definition) is 3. The monoisotopic (exact) mass is 200 g/mol. The van der Waals surface area contributed by atoms with Crippen molar-refractivity contribution >= 4 is 0 Å². The molecule has 0 saturated carbocycles. The molecule has 1 aliphatic rings. The number of rotatable bonds is 5. The van der Waals surface area contributed by atoms with Gasteiger partial charge in [0, 0.05) is 0 Å². The Bertz CT molecular complexity index is 189. The molecule has 1 heterocycles. The number of aliphatic hydroxyl groups excluding tert-OH is 1.